The highest BCUT2D eigenvalue weighted by Gasteiger charge is 2.19. The fourth-order valence-electron chi connectivity index (χ4n) is 2.97. The van der Waals surface area contributed by atoms with E-state index in [4.69, 9.17) is 23.2 Å². The molecule has 118 valence electrons. The van der Waals surface area contributed by atoms with Crippen LogP contribution in [0.15, 0.2) is 54.6 Å². The molecule has 3 nitrogen and oxygen atoms in total. The number of nitrogens with zero attached hydrogens (tertiary/aromatic N) is 1. The summed E-state index contributed by atoms with van der Waals surface area (Å²) < 4.78 is 0. The number of carbonyl (C=O) groups excluding carboxylic acids is 1. The molecule has 24 heavy (non-hydrogen) atoms. The molecule has 0 bridgehead atoms. The van der Waals surface area contributed by atoms with Crippen LogP contribution in [0.3, 0.4) is 0 Å². The molecule has 1 N–H and O–H groups in total. The van der Waals surface area contributed by atoms with Gasteiger partial charge in [-0.05, 0) is 52.9 Å². The zero-order valence-corrected chi connectivity index (χ0v) is 14.0. The van der Waals surface area contributed by atoms with Crippen molar-refractivity contribution >= 4 is 34.8 Å². The third-order valence-corrected chi connectivity index (χ3v) is 4.60. The van der Waals surface area contributed by atoms with Crippen LogP contribution in [0.2, 0.25) is 10.2 Å². The van der Waals surface area contributed by atoms with Crippen molar-refractivity contribution in [2.24, 2.45) is 0 Å². The molecule has 0 atom stereocenters. The molecular formula is C19H12Cl2N2O. The van der Waals surface area contributed by atoms with E-state index in [0.717, 1.165) is 12.0 Å². The summed E-state index contributed by atoms with van der Waals surface area (Å²) >= 11 is 11.9. The molecule has 0 aliphatic heterocycles. The van der Waals surface area contributed by atoms with Gasteiger partial charge in [0.25, 0.3) is 5.91 Å². The fraction of sp³-hybridized carbons (Fsp3) is 0.0526. The summed E-state index contributed by atoms with van der Waals surface area (Å²) in [5.41, 5.74) is 5.73. The Kier molecular flexibility index (Phi) is 3.75. The predicted octanol–water partition coefficient (Wildman–Crippen LogP) is 5.21. The van der Waals surface area contributed by atoms with E-state index in [1.54, 1.807) is 12.1 Å². The molecule has 1 aliphatic carbocycles. The number of halogens is 2. The number of anilines is 1. The maximum Gasteiger partial charge on any atom is 0.275 e. The first-order valence-electron chi connectivity index (χ1n) is 7.46. The molecule has 1 aliphatic rings. The summed E-state index contributed by atoms with van der Waals surface area (Å²) in [6.07, 6.45) is 0.918. The van der Waals surface area contributed by atoms with E-state index in [1.807, 2.05) is 30.3 Å². The zero-order valence-electron chi connectivity index (χ0n) is 12.5. The number of pyridine rings is 1. The molecule has 4 rings (SSSR count). The van der Waals surface area contributed by atoms with Crippen molar-refractivity contribution in [3.63, 3.8) is 0 Å². The third kappa shape index (κ3) is 2.66. The Morgan fingerprint density at radius 1 is 0.958 bits per heavy atom. The second kappa shape index (κ2) is 5.93. The van der Waals surface area contributed by atoms with E-state index in [2.05, 4.69) is 22.4 Å². The van der Waals surface area contributed by atoms with Crippen LogP contribution in [0.4, 0.5) is 5.69 Å². The van der Waals surface area contributed by atoms with Crippen LogP contribution in [0, 0.1) is 0 Å². The Hall–Kier alpha value is -2.36. The van der Waals surface area contributed by atoms with Gasteiger partial charge in [-0.2, -0.15) is 0 Å². The van der Waals surface area contributed by atoms with Gasteiger partial charge in [0.2, 0.25) is 0 Å². The molecule has 0 spiro atoms. The largest absolute Gasteiger partial charge is 0.321 e. The normalized spacial score (nSPS) is 11.8. The predicted molar refractivity (Wildman–Crippen MR) is 96.9 cm³/mol. The van der Waals surface area contributed by atoms with Crippen LogP contribution in [0.25, 0.3) is 11.1 Å². The standard InChI is InChI=1S/C19H12Cl2N2O/c20-16-7-8-17(21)23-18(16)19(24)22-13-6-5-12-9-11-3-1-2-4-14(11)15(12)10-13/h1-8,10H,9H2,(H,22,24). The number of amides is 1. The second-order valence-electron chi connectivity index (χ2n) is 5.62. The Morgan fingerprint density at radius 2 is 1.75 bits per heavy atom. The zero-order chi connectivity index (χ0) is 16.7. The number of hydrogen-bond donors (Lipinski definition) is 1. The lowest BCUT2D eigenvalue weighted by atomic mass is 10.1. The maximum absolute atomic E-state index is 12.4. The number of fused-ring (bicyclic) bond motifs is 3. The first-order chi connectivity index (χ1) is 11.6. The molecule has 2 aromatic carbocycles. The monoisotopic (exact) mass is 354 g/mol. The van der Waals surface area contributed by atoms with Crippen LogP contribution >= 0.6 is 23.2 Å². The summed E-state index contributed by atoms with van der Waals surface area (Å²) in [4.78, 5) is 16.4. The van der Waals surface area contributed by atoms with Crippen molar-refractivity contribution < 1.29 is 4.79 Å². The van der Waals surface area contributed by atoms with Crippen molar-refractivity contribution in [1.29, 1.82) is 0 Å². The van der Waals surface area contributed by atoms with Gasteiger partial charge in [-0.15, -0.1) is 0 Å². The topological polar surface area (TPSA) is 42.0 Å². The first kappa shape index (κ1) is 15.2. The first-order valence-corrected chi connectivity index (χ1v) is 8.22. The minimum Gasteiger partial charge on any atom is -0.321 e. The number of aromatic nitrogens is 1. The Morgan fingerprint density at radius 3 is 2.62 bits per heavy atom. The maximum atomic E-state index is 12.4. The van der Waals surface area contributed by atoms with Gasteiger partial charge in [0.15, 0.2) is 0 Å². The van der Waals surface area contributed by atoms with Gasteiger partial charge in [0, 0.05) is 5.69 Å². The van der Waals surface area contributed by atoms with Crippen molar-refractivity contribution in [2.75, 3.05) is 5.32 Å². The number of rotatable bonds is 2. The van der Waals surface area contributed by atoms with Crippen molar-refractivity contribution in [3.05, 3.63) is 81.6 Å². The van der Waals surface area contributed by atoms with E-state index in [1.165, 1.54) is 16.7 Å². The second-order valence-corrected chi connectivity index (χ2v) is 6.42. The van der Waals surface area contributed by atoms with E-state index < -0.39 is 0 Å². The van der Waals surface area contributed by atoms with Crippen LogP contribution in [-0.4, -0.2) is 10.9 Å². The number of benzene rings is 2. The van der Waals surface area contributed by atoms with Crippen molar-refractivity contribution in [2.45, 2.75) is 6.42 Å². The summed E-state index contributed by atoms with van der Waals surface area (Å²) in [7, 11) is 0. The molecule has 1 aromatic heterocycles. The molecule has 5 heteroatoms. The summed E-state index contributed by atoms with van der Waals surface area (Å²) in [5.74, 6) is -0.381. The van der Waals surface area contributed by atoms with Gasteiger partial charge in [0.05, 0.1) is 5.02 Å². The lowest BCUT2D eigenvalue weighted by molar-refractivity contribution is 0.102. The molecule has 3 aromatic rings. The molecular weight excluding hydrogens is 343 g/mol. The molecule has 0 fully saturated rings. The van der Waals surface area contributed by atoms with Crippen molar-refractivity contribution in [3.8, 4) is 11.1 Å². The van der Waals surface area contributed by atoms with Gasteiger partial charge in [-0.1, -0.05) is 53.5 Å². The molecule has 0 saturated heterocycles. The molecule has 1 heterocycles. The highest BCUT2D eigenvalue weighted by Crippen LogP contribution is 2.37. The van der Waals surface area contributed by atoms with Crippen LogP contribution in [-0.2, 0) is 6.42 Å². The highest BCUT2D eigenvalue weighted by molar-refractivity contribution is 6.35. The van der Waals surface area contributed by atoms with Crippen LogP contribution < -0.4 is 5.32 Å². The summed E-state index contributed by atoms with van der Waals surface area (Å²) in [6, 6.07) is 17.3. The minimum atomic E-state index is -0.381. The Bertz CT molecular complexity index is 969. The van der Waals surface area contributed by atoms with E-state index in [0.29, 0.717) is 5.69 Å². The number of hydrogen-bond acceptors (Lipinski definition) is 2. The minimum absolute atomic E-state index is 0.116. The number of nitrogens with one attached hydrogen (secondary N) is 1. The lowest BCUT2D eigenvalue weighted by Gasteiger charge is -2.09. The Labute approximate surface area is 149 Å². The highest BCUT2D eigenvalue weighted by atomic mass is 35.5. The van der Waals surface area contributed by atoms with Gasteiger partial charge in [-0.25, -0.2) is 4.98 Å². The number of carbonyl (C=O) groups is 1. The summed E-state index contributed by atoms with van der Waals surface area (Å²) in [6.45, 7) is 0. The van der Waals surface area contributed by atoms with E-state index in [9.17, 15) is 4.79 Å². The average molecular weight is 355 g/mol. The van der Waals surface area contributed by atoms with Gasteiger partial charge in [-0.3, -0.25) is 4.79 Å². The van der Waals surface area contributed by atoms with Gasteiger partial charge < -0.3 is 5.32 Å². The van der Waals surface area contributed by atoms with Crippen LogP contribution in [0.1, 0.15) is 21.6 Å². The fourth-order valence-corrected chi connectivity index (χ4v) is 3.31. The molecule has 1 amide bonds. The summed E-state index contributed by atoms with van der Waals surface area (Å²) in [5, 5.41) is 3.34. The molecule has 0 saturated carbocycles. The quantitative estimate of drug-likeness (QED) is 0.502. The van der Waals surface area contributed by atoms with E-state index in [-0.39, 0.29) is 21.8 Å². The SMILES string of the molecule is O=C(Nc1ccc2c(c1)-c1ccccc1C2)c1nc(Cl)ccc1Cl. The van der Waals surface area contributed by atoms with E-state index >= 15 is 0 Å². The average Bonchev–Trinajstić information content (AvgIpc) is 2.95. The third-order valence-electron chi connectivity index (χ3n) is 4.08. The van der Waals surface area contributed by atoms with Crippen LogP contribution in [0.5, 0.6) is 0 Å². The van der Waals surface area contributed by atoms with Gasteiger partial charge >= 0.3 is 0 Å². The van der Waals surface area contributed by atoms with Gasteiger partial charge in [0.1, 0.15) is 10.8 Å². The Balaban J connectivity index is 1.66. The lowest BCUT2D eigenvalue weighted by Crippen LogP contribution is -2.14. The molecule has 0 unspecified atom stereocenters. The van der Waals surface area contributed by atoms with Crippen molar-refractivity contribution in [1.82, 2.24) is 4.98 Å². The molecule has 0 radical (unpaired) electrons. The smallest absolute Gasteiger partial charge is 0.275 e.